The van der Waals surface area contributed by atoms with Crippen LogP contribution in [0.15, 0.2) is 6.20 Å². The lowest BCUT2D eigenvalue weighted by molar-refractivity contribution is 0.102. The molecule has 2 heterocycles. The molecule has 0 unspecified atom stereocenters. The lowest BCUT2D eigenvalue weighted by Gasteiger charge is -1.98. The van der Waals surface area contributed by atoms with E-state index >= 15 is 0 Å². The number of anilines is 2. The normalized spacial score (nSPS) is 10.4. The van der Waals surface area contributed by atoms with E-state index in [1.807, 2.05) is 13.8 Å². The SMILES string of the molecule is Cc1nc(NC(=O)c2[nH]ncc2N)sc1C. The number of carbonyl (C=O) groups is 1. The van der Waals surface area contributed by atoms with Gasteiger partial charge in [-0.3, -0.25) is 15.2 Å². The van der Waals surface area contributed by atoms with Gasteiger partial charge in [-0.2, -0.15) is 5.10 Å². The first kappa shape index (κ1) is 10.6. The van der Waals surface area contributed by atoms with Gasteiger partial charge >= 0.3 is 0 Å². The van der Waals surface area contributed by atoms with E-state index in [4.69, 9.17) is 5.73 Å². The number of aromatic amines is 1. The van der Waals surface area contributed by atoms with Gasteiger partial charge in [0.2, 0.25) is 0 Å². The number of nitrogens with zero attached hydrogens (tertiary/aromatic N) is 2. The molecule has 0 aliphatic heterocycles. The highest BCUT2D eigenvalue weighted by Crippen LogP contribution is 2.21. The van der Waals surface area contributed by atoms with Gasteiger partial charge < -0.3 is 5.73 Å². The molecule has 0 atom stereocenters. The van der Waals surface area contributed by atoms with E-state index in [-0.39, 0.29) is 11.6 Å². The molecule has 2 rings (SSSR count). The molecular weight excluding hydrogens is 226 g/mol. The molecular formula is C9H11N5OS. The third kappa shape index (κ3) is 1.89. The van der Waals surface area contributed by atoms with E-state index in [0.717, 1.165) is 10.6 Å². The van der Waals surface area contributed by atoms with Crippen molar-refractivity contribution in [1.29, 1.82) is 0 Å². The highest BCUT2D eigenvalue weighted by molar-refractivity contribution is 7.15. The van der Waals surface area contributed by atoms with Gasteiger partial charge in [0.25, 0.3) is 5.91 Å². The highest BCUT2D eigenvalue weighted by Gasteiger charge is 2.14. The van der Waals surface area contributed by atoms with Gasteiger partial charge in [-0.25, -0.2) is 4.98 Å². The molecule has 1 amide bonds. The first-order chi connectivity index (χ1) is 7.58. The molecule has 7 heteroatoms. The number of hydrogen-bond donors (Lipinski definition) is 3. The fraction of sp³-hybridized carbons (Fsp3) is 0.222. The van der Waals surface area contributed by atoms with Crippen LogP contribution < -0.4 is 11.1 Å². The van der Waals surface area contributed by atoms with Crippen LogP contribution in [-0.4, -0.2) is 21.1 Å². The summed E-state index contributed by atoms with van der Waals surface area (Å²) in [5.74, 6) is -0.330. The molecule has 0 aromatic carbocycles. The van der Waals surface area contributed by atoms with Crippen molar-refractivity contribution < 1.29 is 4.79 Å². The fourth-order valence-corrected chi connectivity index (χ4v) is 1.97. The van der Waals surface area contributed by atoms with Gasteiger partial charge in [-0.05, 0) is 13.8 Å². The topological polar surface area (TPSA) is 96.7 Å². The zero-order valence-corrected chi connectivity index (χ0v) is 9.68. The molecule has 16 heavy (non-hydrogen) atoms. The number of thiazole rings is 1. The van der Waals surface area contributed by atoms with Crippen LogP contribution in [0.4, 0.5) is 10.8 Å². The summed E-state index contributed by atoms with van der Waals surface area (Å²) >= 11 is 1.43. The lowest BCUT2D eigenvalue weighted by atomic mass is 10.3. The average Bonchev–Trinajstić information content (AvgIpc) is 2.74. The van der Waals surface area contributed by atoms with Crippen molar-refractivity contribution in [3.8, 4) is 0 Å². The number of H-pyrrole nitrogens is 1. The minimum absolute atomic E-state index is 0.255. The number of aryl methyl sites for hydroxylation is 2. The van der Waals surface area contributed by atoms with Crippen LogP contribution in [-0.2, 0) is 0 Å². The second-order valence-electron chi connectivity index (χ2n) is 3.32. The predicted molar refractivity (Wildman–Crippen MR) is 62.5 cm³/mol. The van der Waals surface area contributed by atoms with Crippen LogP contribution in [0.1, 0.15) is 21.1 Å². The summed E-state index contributed by atoms with van der Waals surface area (Å²) < 4.78 is 0. The van der Waals surface area contributed by atoms with Crippen molar-refractivity contribution >= 4 is 28.1 Å². The summed E-state index contributed by atoms with van der Waals surface area (Å²) in [4.78, 5) is 17.0. The Morgan fingerprint density at radius 2 is 2.31 bits per heavy atom. The van der Waals surface area contributed by atoms with E-state index < -0.39 is 0 Å². The number of hydrogen-bond acceptors (Lipinski definition) is 5. The second-order valence-corrected chi connectivity index (χ2v) is 4.52. The van der Waals surface area contributed by atoms with Crippen molar-refractivity contribution in [3.05, 3.63) is 22.5 Å². The maximum absolute atomic E-state index is 11.7. The van der Waals surface area contributed by atoms with Crippen LogP contribution in [0.25, 0.3) is 0 Å². The first-order valence-corrected chi connectivity index (χ1v) is 5.44. The molecule has 2 aromatic heterocycles. The number of rotatable bonds is 2. The second kappa shape index (κ2) is 3.93. The summed E-state index contributed by atoms with van der Waals surface area (Å²) in [7, 11) is 0. The Morgan fingerprint density at radius 3 is 2.81 bits per heavy atom. The van der Waals surface area contributed by atoms with Gasteiger partial charge in [0.05, 0.1) is 17.6 Å². The summed E-state index contributed by atoms with van der Waals surface area (Å²) in [6.45, 7) is 3.85. The van der Waals surface area contributed by atoms with Gasteiger partial charge in [0, 0.05) is 4.88 Å². The van der Waals surface area contributed by atoms with Crippen LogP contribution in [0.2, 0.25) is 0 Å². The summed E-state index contributed by atoms with van der Waals surface area (Å²) in [6.07, 6.45) is 1.40. The molecule has 0 spiro atoms. The Hall–Kier alpha value is -1.89. The molecule has 84 valence electrons. The van der Waals surface area contributed by atoms with Crippen LogP contribution in [0.3, 0.4) is 0 Å². The van der Waals surface area contributed by atoms with Crippen molar-refractivity contribution in [2.24, 2.45) is 0 Å². The zero-order chi connectivity index (χ0) is 11.7. The Balaban J connectivity index is 2.17. The quantitative estimate of drug-likeness (QED) is 0.733. The van der Waals surface area contributed by atoms with E-state index in [2.05, 4.69) is 20.5 Å². The third-order valence-corrected chi connectivity index (χ3v) is 3.13. The number of nitrogen functional groups attached to an aromatic ring is 1. The van der Waals surface area contributed by atoms with Gasteiger partial charge in [-0.1, -0.05) is 0 Å². The maximum atomic E-state index is 11.7. The summed E-state index contributed by atoms with van der Waals surface area (Å²) in [5, 5.41) is 9.44. The molecule has 0 bridgehead atoms. The number of amides is 1. The number of carbonyl (C=O) groups excluding carboxylic acids is 1. The molecule has 0 saturated heterocycles. The van der Waals surface area contributed by atoms with Crippen LogP contribution in [0.5, 0.6) is 0 Å². The van der Waals surface area contributed by atoms with E-state index in [9.17, 15) is 4.79 Å². The molecule has 4 N–H and O–H groups in total. The standard InChI is InChI=1S/C9H11N5OS/c1-4-5(2)16-9(12-4)13-8(15)7-6(10)3-11-14-7/h3H,10H2,1-2H3,(H,11,14)(H,12,13,15). The third-order valence-electron chi connectivity index (χ3n) is 2.14. The Labute approximate surface area is 95.9 Å². The van der Waals surface area contributed by atoms with E-state index in [1.54, 1.807) is 0 Å². The van der Waals surface area contributed by atoms with Crippen molar-refractivity contribution in [2.45, 2.75) is 13.8 Å². The molecule has 0 saturated carbocycles. The van der Waals surface area contributed by atoms with Crippen LogP contribution >= 0.6 is 11.3 Å². The van der Waals surface area contributed by atoms with Crippen molar-refractivity contribution in [1.82, 2.24) is 15.2 Å². The molecule has 6 nitrogen and oxygen atoms in total. The molecule has 2 aromatic rings. The van der Waals surface area contributed by atoms with Gasteiger partial charge in [0.15, 0.2) is 5.13 Å². The molecule has 0 aliphatic carbocycles. The molecule has 0 fully saturated rings. The minimum Gasteiger partial charge on any atom is -0.396 e. The van der Waals surface area contributed by atoms with Gasteiger partial charge in [-0.15, -0.1) is 11.3 Å². The Bertz CT molecular complexity index is 510. The minimum atomic E-state index is -0.330. The van der Waals surface area contributed by atoms with Crippen molar-refractivity contribution in [3.63, 3.8) is 0 Å². The zero-order valence-electron chi connectivity index (χ0n) is 8.87. The van der Waals surface area contributed by atoms with E-state index in [0.29, 0.717) is 10.8 Å². The lowest BCUT2D eigenvalue weighted by Crippen LogP contribution is -2.13. The largest absolute Gasteiger partial charge is 0.396 e. The van der Waals surface area contributed by atoms with Crippen molar-refractivity contribution in [2.75, 3.05) is 11.1 Å². The first-order valence-electron chi connectivity index (χ1n) is 4.62. The van der Waals surface area contributed by atoms with Crippen LogP contribution in [0, 0.1) is 13.8 Å². The Morgan fingerprint density at radius 1 is 1.56 bits per heavy atom. The monoisotopic (exact) mass is 237 g/mol. The predicted octanol–water partition coefficient (Wildman–Crippen LogP) is 1.32. The maximum Gasteiger partial charge on any atom is 0.277 e. The number of nitrogens with one attached hydrogen (secondary N) is 2. The average molecular weight is 237 g/mol. The van der Waals surface area contributed by atoms with E-state index in [1.165, 1.54) is 17.5 Å². The van der Waals surface area contributed by atoms with Gasteiger partial charge in [0.1, 0.15) is 5.69 Å². The smallest absolute Gasteiger partial charge is 0.277 e. The number of aromatic nitrogens is 3. The summed E-state index contributed by atoms with van der Waals surface area (Å²) in [5.41, 5.74) is 7.05. The highest BCUT2D eigenvalue weighted by atomic mass is 32.1. The Kier molecular flexibility index (Phi) is 2.61. The molecule has 0 aliphatic rings. The molecule has 0 radical (unpaired) electrons. The fourth-order valence-electron chi connectivity index (χ4n) is 1.16. The summed E-state index contributed by atoms with van der Waals surface area (Å²) in [6, 6.07) is 0. The number of nitrogens with two attached hydrogens (primary N) is 1.